The van der Waals surface area contributed by atoms with Gasteiger partial charge in [0.15, 0.2) is 5.16 Å². The summed E-state index contributed by atoms with van der Waals surface area (Å²) in [5.74, 6) is 0.835. The van der Waals surface area contributed by atoms with Gasteiger partial charge in [-0.25, -0.2) is 0 Å². The third kappa shape index (κ3) is 5.19. The Morgan fingerprint density at radius 2 is 2.08 bits per heavy atom. The Bertz CT molecular complexity index is 699. The summed E-state index contributed by atoms with van der Waals surface area (Å²) < 4.78 is 1.96. The van der Waals surface area contributed by atoms with Crippen LogP contribution < -0.4 is 5.32 Å². The molecule has 1 aromatic carbocycles. The lowest BCUT2D eigenvalue weighted by molar-refractivity contribution is -0.121. The van der Waals surface area contributed by atoms with Crippen molar-refractivity contribution in [1.82, 2.24) is 20.1 Å². The van der Waals surface area contributed by atoms with Crippen molar-refractivity contribution in [3.05, 3.63) is 54.4 Å². The first kappa shape index (κ1) is 19.2. The maximum absolute atomic E-state index is 12.7. The molecule has 1 aromatic heterocycles. The minimum atomic E-state index is -0.254. The van der Waals surface area contributed by atoms with Crippen LogP contribution in [0.25, 0.3) is 0 Å². The lowest BCUT2D eigenvalue weighted by Gasteiger charge is -2.21. The van der Waals surface area contributed by atoms with E-state index in [0.29, 0.717) is 6.54 Å². The Morgan fingerprint density at radius 1 is 1.36 bits per heavy atom. The Labute approximate surface area is 153 Å². The molecule has 25 heavy (non-hydrogen) atoms. The van der Waals surface area contributed by atoms with E-state index in [-0.39, 0.29) is 17.2 Å². The third-order valence-electron chi connectivity index (χ3n) is 3.96. The summed E-state index contributed by atoms with van der Waals surface area (Å²) in [6.45, 7) is 10.3. The van der Waals surface area contributed by atoms with Gasteiger partial charge in [-0.3, -0.25) is 4.79 Å². The zero-order valence-corrected chi connectivity index (χ0v) is 15.9. The highest BCUT2D eigenvalue weighted by molar-refractivity contribution is 8.00. The normalized spacial score (nSPS) is 13.2. The van der Waals surface area contributed by atoms with Crippen molar-refractivity contribution in [3.8, 4) is 0 Å². The van der Waals surface area contributed by atoms with Gasteiger partial charge in [0, 0.05) is 6.54 Å². The molecule has 0 bridgehead atoms. The molecule has 1 amide bonds. The average Bonchev–Trinajstić information content (AvgIpc) is 2.95. The lowest BCUT2D eigenvalue weighted by atomic mass is 10.0. The Kier molecular flexibility index (Phi) is 7.25. The molecule has 0 fully saturated rings. The maximum Gasteiger partial charge on any atom is 0.233 e. The standard InChI is InChI=1S/C19H26N4OS/c1-5-10-17(16-11-8-7-9-12-16)20-18(24)14(3)25-19-22-21-15(4)23(19)13-6-2/h6-9,11-12,14,17H,2,5,10,13H2,1,3-4H3,(H,20,24)/t14-,17-/m0/s1. The zero-order valence-electron chi connectivity index (χ0n) is 15.1. The van der Waals surface area contributed by atoms with E-state index >= 15 is 0 Å². The summed E-state index contributed by atoms with van der Waals surface area (Å²) >= 11 is 1.42. The molecule has 2 atom stereocenters. The van der Waals surface area contributed by atoms with E-state index < -0.39 is 0 Å². The van der Waals surface area contributed by atoms with E-state index in [9.17, 15) is 4.79 Å². The van der Waals surface area contributed by atoms with Crippen LogP contribution in [0.1, 0.15) is 44.1 Å². The summed E-state index contributed by atoms with van der Waals surface area (Å²) in [7, 11) is 0. The predicted molar refractivity (Wildman–Crippen MR) is 103 cm³/mol. The molecule has 2 rings (SSSR count). The van der Waals surface area contributed by atoms with Gasteiger partial charge in [0.2, 0.25) is 5.91 Å². The second-order valence-corrected chi connectivity index (χ2v) is 7.26. The number of aryl methyl sites for hydroxylation is 1. The molecule has 0 saturated heterocycles. The summed E-state index contributed by atoms with van der Waals surface area (Å²) in [6.07, 6.45) is 3.73. The van der Waals surface area contributed by atoms with Gasteiger partial charge in [0.1, 0.15) is 5.82 Å². The molecule has 134 valence electrons. The first-order valence-electron chi connectivity index (χ1n) is 8.59. The molecule has 0 aliphatic carbocycles. The van der Waals surface area contributed by atoms with Crippen molar-refractivity contribution < 1.29 is 4.79 Å². The molecule has 0 aliphatic heterocycles. The van der Waals surface area contributed by atoms with Crippen molar-refractivity contribution in [2.24, 2.45) is 0 Å². The van der Waals surface area contributed by atoms with Crippen LogP contribution in [0.15, 0.2) is 48.1 Å². The molecule has 0 saturated carbocycles. The molecule has 1 N–H and O–H groups in total. The van der Waals surface area contributed by atoms with Crippen LogP contribution in [0.4, 0.5) is 0 Å². The Hall–Kier alpha value is -2.08. The third-order valence-corrected chi connectivity index (χ3v) is 5.04. The Balaban J connectivity index is 2.05. The number of carbonyl (C=O) groups is 1. The summed E-state index contributed by atoms with van der Waals surface area (Å²) in [6, 6.07) is 10.1. The maximum atomic E-state index is 12.7. The summed E-state index contributed by atoms with van der Waals surface area (Å²) in [5, 5.41) is 11.9. The number of hydrogen-bond donors (Lipinski definition) is 1. The molecule has 0 radical (unpaired) electrons. The summed E-state index contributed by atoms with van der Waals surface area (Å²) in [5.41, 5.74) is 1.14. The number of thioether (sulfide) groups is 1. The predicted octanol–water partition coefficient (Wildman–Crippen LogP) is 3.91. The fraction of sp³-hybridized carbons (Fsp3) is 0.421. The van der Waals surface area contributed by atoms with Crippen LogP contribution in [-0.4, -0.2) is 25.9 Å². The van der Waals surface area contributed by atoms with Crippen molar-refractivity contribution in [1.29, 1.82) is 0 Å². The largest absolute Gasteiger partial charge is 0.348 e. The van der Waals surface area contributed by atoms with Gasteiger partial charge in [-0.2, -0.15) is 0 Å². The van der Waals surface area contributed by atoms with Crippen LogP contribution in [0.5, 0.6) is 0 Å². The molecule has 0 aliphatic rings. The second-order valence-electron chi connectivity index (χ2n) is 5.95. The number of allylic oxidation sites excluding steroid dienone is 1. The highest BCUT2D eigenvalue weighted by Gasteiger charge is 2.22. The number of aromatic nitrogens is 3. The number of amides is 1. The molecule has 1 heterocycles. The number of nitrogens with one attached hydrogen (secondary N) is 1. The van der Waals surface area contributed by atoms with E-state index in [0.717, 1.165) is 29.4 Å². The van der Waals surface area contributed by atoms with E-state index in [1.54, 1.807) is 6.08 Å². The van der Waals surface area contributed by atoms with E-state index in [4.69, 9.17) is 0 Å². The van der Waals surface area contributed by atoms with Crippen molar-refractivity contribution in [3.63, 3.8) is 0 Å². The van der Waals surface area contributed by atoms with Gasteiger partial charge in [-0.05, 0) is 25.8 Å². The second kappa shape index (κ2) is 9.42. The minimum Gasteiger partial charge on any atom is -0.348 e. The molecular formula is C19H26N4OS. The van der Waals surface area contributed by atoms with E-state index in [1.807, 2.05) is 36.6 Å². The molecule has 6 heteroatoms. The van der Waals surface area contributed by atoms with Crippen LogP contribution in [-0.2, 0) is 11.3 Å². The van der Waals surface area contributed by atoms with Gasteiger partial charge in [-0.1, -0.05) is 61.5 Å². The van der Waals surface area contributed by atoms with E-state index in [2.05, 4.69) is 41.1 Å². The van der Waals surface area contributed by atoms with Gasteiger partial charge in [0.25, 0.3) is 0 Å². The fourth-order valence-electron chi connectivity index (χ4n) is 2.58. The van der Waals surface area contributed by atoms with E-state index in [1.165, 1.54) is 11.8 Å². The number of carbonyl (C=O) groups excluding carboxylic acids is 1. The average molecular weight is 359 g/mol. The topological polar surface area (TPSA) is 59.8 Å². The van der Waals surface area contributed by atoms with Gasteiger partial charge in [0.05, 0.1) is 11.3 Å². The SMILES string of the molecule is C=CCn1c(C)nnc1S[C@@H](C)C(=O)N[C@@H](CCC)c1ccccc1. The van der Waals surface area contributed by atoms with Gasteiger partial charge in [-0.15, -0.1) is 16.8 Å². The number of rotatable bonds is 9. The Morgan fingerprint density at radius 3 is 2.72 bits per heavy atom. The molecule has 2 aromatic rings. The lowest BCUT2D eigenvalue weighted by Crippen LogP contribution is -2.34. The van der Waals surface area contributed by atoms with Crippen molar-refractivity contribution >= 4 is 17.7 Å². The van der Waals surface area contributed by atoms with Crippen molar-refractivity contribution in [2.75, 3.05) is 0 Å². The number of nitrogens with zero attached hydrogens (tertiary/aromatic N) is 3. The van der Waals surface area contributed by atoms with Crippen LogP contribution in [0.3, 0.4) is 0 Å². The van der Waals surface area contributed by atoms with Crippen LogP contribution in [0.2, 0.25) is 0 Å². The zero-order chi connectivity index (χ0) is 18.2. The number of hydrogen-bond acceptors (Lipinski definition) is 4. The summed E-state index contributed by atoms with van der Waals surface area (Å²) in [4.78, 5) is 12.7. The molecule has 0 unspecified atom stereocenters. The minimum absolute atomic E-state index is 0.0121. The van der Waals surface area contributed by atoms with Crippen molar-refractivity contribution in [2.45, 2.75) is 56.6 Å². The highest BCUT2D eigenvalue weighted by atomic mass is 32.2. The molecule has 0 spiro atoms. The van der Waals surface area contributed by atoms with Gasteiger partial charge < -0.3 is 9.88 Å². The molecule has 5 nitrogen and oxygen atoms in total. The van der Waals surface area contributed by atoms with Crippen LogP contribution in [0, 0.1) is 6.92 Å². The monoisotopic (exact) mass is 358 g/mol. The quantitative estimate of drug-likeness (QED) is 0.545. The van der Waals surface area contributed by atoms with Gasteiger partial charge >= 0.3 is 0 Å². The smallest absolute Gasteiger partial charge is 0.233 e. The number of benzene rings is 1. The first-order valence-corrected chi connectivity index (χ1v) is 9.47. The fourth-order valence-corrected chi connectivity index (χ4v) is 3.50. The highest BCUT2D eigenvalue weighted by Crippen LogP contribution is 2.24. The van der Waals surface area contributed by atoms with Crippen LogP contribution >= 0.6 is 11.8 Å². The molecular weight excluding hydrogens is 332 g/mol. The first-order chi connectivity index (χ1) is 12.1.